The number of allylic oxidation sites excluding steroid dienone is 2. The van der Waals surface area contributed by atoms with Crippen LogP contribution >= 0.6 is 11.6 Å². The summed E-state index contributed by atoms with van der Waals surface area (Å²) in [5, 5.41) is 0.584. The lowest BCUT2D eigenvalue weighted by molar-refractivity contribution is -0.140. The van der Waals surface area contributed by atoms with Gasteiger partial charge in [-0.3, -0.25) is 4.99 Å². The summed E-state index contributed by atoms with van der Waals surface area (Å²) >= 11 is 6.40. The smallest absolute Gasteiger partial charge is 0.251 e. The van der Waals surface area contributed by atoms with E-state index >= 15 is 0 Å². The van der Waals surface area contributed by atoms with E-state index in [1.807, 2.05) is 6.92 Å². The van der Waals surface area contributed by atoms with Gasteiger partial charge in [-0.1, -0.05) is 23.6 Å². The van der Waals surface area contributed by atoms with E-state index in [0.717, 1.165) is 37.0 Å². The van der Waals surface area contributed by atoms with E-state index in [0.29, 0.717) is 29.1 Å². The Bertz CT molecular complexity index is 699. The Balaban J connectivity index is 2.13. The molecule has 1 aromatic carbocycles. The van der Waals surface area contributed by atoms with Gasteiger partial charge in [0.25, 0.3) is 0 Å². The topological polar surface area (TPSA) is 12.4 Å². The van der Waals surface area contributed by atoms with Crippen molar-refractivity contribution in [1.29, 1.82) is 0 Å². The van der Waals surface area contributed by atoms with Crippen molar-refractivity contribution in [2.75, 3.05) is 0 Å². The number of hydrogen-bond donors (Lipinski definition) is 0. The number of rotatable bonds is 1. The van der Waals surface area contributed by atoms with Gasteiger partial charge in [0.1, 0.15) is 5.82 Å². The van der Waals surface area contributed by atoms with E-state index < -0.39 is 17.6 Å². The summed E-state index contributed by atoms with van der Waals surface area (Å²) in [4.78, 5) is 4.46. The molecule has 0 spiro atoms. The molecule has 124 valence electrons. The second-order valence-corrected chi connectivity index (χ2v) is 6.56. The largest absolute Gasteiger partial charge is 0.419 e. The summed E-state index contributed by atoms with van der Waals surface area (Å²) in [5.74, 6) is -1.07. The Hall–Kier alpha value is -1.36. The molecule has 0 unspecified atom stereocenters. The van der Waals surface area contributed by atoms with Crippen LogP contribution in [0.5, 0.6) is 0 Å². The van der Waals surface area contributed by atoms with Crippen molar-refractivity contribution in [3.05, 3.63) is 39.7 Å². The third-order valence-corrected chi connectivity index (χ3v) is 5.09. The van der Waals surface area contributed by atoms with E-state index in [1.54, 1.807) is 0 Å². The highest BCUT2D eigenvalue weighted by Crippen LogP contribution is 2.40. The van der Waals surface area contributed by atoms with E-state index in [1.165, 1.54) is 0 Å². The molecular formula is C17H16ClF4N. The fourth-order valence-electron chi connectivity index (χ4n) is 2.91. The van der Waals surface area contributed by atoms with Crippen molar-refractivity contribution in [1.82, 2.24) is 0 Å². The molecule has 1 fully saturated rings. The molecule has 1 aliphatic heterocycles. The zero-order valence-corrected chi connectivity index (χ0v) is 13.4. The standard InChI is InChI=1S/C17H16ClF4N/c1-9-5-6-11-7-12(17(20,21)22)13(19)8-14(11)23-16(15(9)18)10-3-2-4-10/h7-8,10H,2-6H2,1H3. The van der Waals surface area contributed by atoms with Gasteiger partial charge in [-0.15, -0.1) is 0 Å². The van der Waals surface area contributed by atoms with Crippen LogP contribution in [0.1, 0.15) is 43.7 Å². The molecule has 0 atom stereocenters. The van der Waals surface area contributed by atoms with Crippen LogP contribution in [0.15, 0.2) is 27.7 Å². The highest BCUT2D eigenvalue weighted by atomic mass is 35.5. The predicted molar refractivity (Wildman–Crippen MR) is 82.7 cm³/mol. The number of alkyl halides is 3. The van der Waals surface area contributed by atoms with Crippen molar-refractivity contribution < 1.29 is 17.6 Å². The summed E-state index contributed by atoms with van der Waals surface area (Å²) in [6.45, 7) is 1.87. The normalized spacial score (nSPS) is 19.7. The second-order valence-electron chi connectivity index (χ2n) is 6.18. The molecule has 1 saturated carbocycles. The first-order valence-electron chi connectivity index (χ1n) is 7.61. The van der Waals surface area contributed by atoms with Crippen LogP contribution in [0.3, 0.4) is 0 Å². The molecule has 0 aromatic heterocycles. The van der Waals surface area contributed by atoms with Crippen LogP contribution in [-0.4, -0.2) is 5.71 Å². The number of halogens is 5. The maximum Gasteiger partial charge on any atom is 0.419 e. The molecule has 3 rings (SSSR count). The molecular weight excluding hydrogens is 330 g/mol. The number of hydrogen-bond acceptors (Lipinski definition) is 1. The van der Waals surface area contributed by atoms with Crippen LogP contribution in [-0.2, 0) is 12.6 Å². The summed E-state index contributed by atoms with van der Waals surface area (Å²) in [7, 11) is 0. The minimum absolute atomic E-state index is 0.216. The highest BCUT2D eigenvalue weighted by molar-refractivity contribution is 6.44. The minimum Gasteiger partial charge on any atom is -0.251 e. The molecule has 1 heterocycles. The first kappa shape index (κ1) is 16.5. The average molecular weight is 346 g/mol. The summed E-state index contributed by atoms with van der Waals surface area (Å²) in [6.07, 6.45) is -0.796. The van der Waals surface area contributed by atoms with E-state index in [2.05, 4.69) is 4.99 Å². The molecule has 1 nitrogen and oxygen atoms in total. The highest BCUT2D eigenvalue weighted by Gasteiger charge is 2.35. The molecule has 0 amide bonds. The van der Waals surface area contributed by atoms with Crippen LogP contribution < -0.4 is 0 Å². The van der Waals surface area contributed by atoms with Gasteiger partial charge in [-0.05, 0) is 44.2 Å². The minimum atomic E-state index is -4.70. The molecule has 0 radical (unpaired) electrons. The van der Waals surface area contributed by atoms with Gasteiger partial charge in [0.2, 0.25) is 0 Å². The number of nitrogens with zero attached hydrogens (tertiary/aromatic N) is 1. The predicted octanol–water partition coefficient (Wildman–Crippen LogP) is 6.18. The van der Waals surface area contributed by atoms with Crippen LogP contribution in [0, 0.1) is 11.7 Å². The lowest BCUT2D eigenvalue weighted by Gasteiger charge is -2.29. The Morgan fingerprint density at radius 2 is 1.87 bits per heavy atom. The maximum absolute atomic E-state index is 13.9. The molecule has 0 bridgehead atoms. The quantitative estimate of drug-likeness (QED) is 0.539. The number of aryl methyl sites for hydroxylation is 1. The third kappa shape index (κ3) is 3.16. The summed E-state index contributed by atoms with van der Waals surface area (Å²) in [5.41, 5.74) is 1.06. The molecule has 1 aromatic rings. The van der Waals surface area contributed by atoms with Gasteiger partial charge in [0.15, 0.2) is 0 Å². The average Bonchev–Trinajstić information content (AvgIpc) is 2.40. The molecule has 2 aliphatic rings. The van der Waals surface area contributed by atoms with Crippen molar-refractivity contribution >= 4 is 23.0 Å². The van der Waals surface area contributed by atoms with Crippen molar-refractivity contribution in [3.8, 4) is 0 Å². The Morgan fingerprint density at radius 3 is 2.43 bits per heavy atom. The van der Waals surface area contributed by atoms with Crippen molar-refractivity contribution in [2.24, 2.45) is 10.9 Å². The fourth-order valence-corrected chi connectivity index (χ4v) is 3.20. The van der Waals surface area contributed by atoms with Gasteiger partial charge in [-0.25, -0.2) is 4.39 Å². The summed E-state index contributed by atoms with van der Waals surface area (Å²) in [6, 6.07) is 1.78. The third-order valence-electron chi connectivity index (χ3n) is 4.58. The molecule has 23 heavy (non-hydrogen) atoms. The SMILES string of the molecule is CC1=C(Cl)C(C2CCC2)=Nc2cc(F)c(C(F)(F)F)cc2CC1. The zero-order valence-electron chi connectivity index (χ0n) is 12.6. The van der Waals surface area contributed by atoms with E-state index in [9.17, 15) is 17.6 Å². The Labute approximate surface area is 137 Å². The van der Waals surface area contributed by atoms with Crippen molar-refractivity contribution in [3.63, 3.8) is 0 Å². The van der Waals surface area contributed by atoms with E-state index in [-0.39, 0.29) is 11.6 Å². The summed E-state index contributed by atoms with van der Waals surface area (Å²) < 4.78 is 52.6. The Kier molecular flexibility index (Phi) is 4.25. The fraction of sp³-hybridized carbons (Fsp3) is 0.471. The van der Waals surface area contributed by atoms with Gasteiger partial charge in [-0.2, -0.15) is 13.2 Å². The van der Waals surface area contributed by atoms with Crippen molar-refractivity contribution in [2.45, 2.75) is 45.2 Å². The lowest BCUT2D eigenvalue weighted by Crippen LogP contribution is -2.23. The molecule has 0 N–H and O–H groups in total. The molecule has 6 heteroatoms. The van der Waals surface area contributed by atoms with Crippen LogP contribution in [0.25, 0.3) is 0 Å². The first-order chi connectivity index (χ1) is 10.8. The van der Waals surface area contributed by atoms with Gasteiger partial charge in [0.05, 0.1) is 22.0 Å². The van der Waals surface area contributed by atoms with Gasteiger partial charge in [0, 0.05) is 12.0 Å². The second kappa shape index (κ2) is 5.93. The first-order valence-corrected chi connectivity index (χ1v) is 7.99. The monoisotopic (exact) mass is 345 g/mol. The van der Waals surface area contributed by atoms with Gasteiger partial charge < -0.3 is 0 Å². The number of benzene rings is 1. The zero-order chi connectivity index (χ0) is 16.8. The van der Waals surface area contributed by atoms with Crippen LogP contribution in [0.2, 0.25) is 0 Å². The van der Waals surface area contributed by atoms with Crippen LogP contribution in [0.4, 0.5) is 23.2 Å². The van der Waals surface area contributed by atoms with Gasteiger partial charge >= 0.3 is 6.18 Å². The maximum atomic E-state index is 13.9. The Morgan fingerprint density at radius 1 is 1.17 bits per heavy atom. The lowest BCUT2D eigenvalue weighted by atomic mass is 9.80. The molecule has 0 saturated heterocycles. The van der Waals surface area contributed by atoms with E-state index in [4.69, 9.17) is 11.6 Å². The molecule has 1 aliphatic carbocycles. The number of aliphatic imine (C=N–C) groups is 1. The number of fused-ring (bicyclic) bond motifs is 1.